The summed E-state index contributed by atoms with van der Waals surface area (Å²) < 4.78 is 22.9. The van der Waals surface area contributed by atoms with E-state index in [1.165, 1.54) is 11.0 Å². The Bertz CT molecular complexity index is 703. The number of allylic oxidation sites excluding steroid dienone is 1. The second-order valence-corrected chi connectivity index (χ2v) is 8.42. The first-order chi connectivity index (χ1) is 11.5. The van der Waals surface area contributed by atoms with Crippen LogP contribution in [0.4, 0.5) is 0 Å². The van der Waals surface area contributed by atoms with Crippen LogP contribution in [0, 0.1) is 5.92 Å². The minimum absolute atomic E-state index is 0.0625. The van der Waals surface area contributed by atoms with E-state index in [0.29, 0.717) is 13.0 Å². The molecule has 0 N–H and O–H groups in total. The van der Waals surface area contributed by atoms with Gasteiger partial charge >= 0.3 is 0 Å². The predicted octanol–water partition coefficient (Wildman–Crippen LogP) is 1.06. The Morgan fingerprint density at radius 1 is 1.17 bits per heavy atom. The maximum absolute atomic E-state index is 12.5. The third-order valence-electron chi connectivity index (χ3n) is 4.54. The van der Waals surface area contributed by atoms with Crippen molar-refractivity contribution in [1.29, 1.82) is 0 Å². The molecule has 1 aromatic heterocycles. The fraction of sp³-hybridized carbons (Fsp3) is 0.529. The summed E-state index contributed by atoms with van der Waals surface area (Å²) in [5, 5.41) is 1.24. The lowest BCUT2D eigenvalue weighted by Crippen LogP contribution is -2.36. The molecule has 2 aliphatic heterocycles. The maximum atomic E-state index is 12.5. The van der Waals surface area contributed by atoms with E-state index in [1.807, 2.05) is 17.0 Å². The topological polar surface area (TPSA) is 70.6 Å². The molecule has 0 saturated carbocycles. The molecule has 0 bridgehead atoms. The summed E-state index contributed by atoms with van der Waals surface area (Å²) in [6, 6.07) is 4.03. The number of rotatable bonds is 4. The van der Waals surface area contributed by atoms with Gasteiger partial charge in [-0.05, 0) is 24.1 Å². The zero-order valence-electron chi connectivity index (χ0n) is 13.7. The highest BCUT2D eigenvalue weighted by Gasteiger charge is 2.26. The molecule has 6 nitrogen and oxygen atoms in total. The van der Waals surface area contributed by atoms with E-state index in [-0.39, 0.29) is 17.6 Å². The normalized spacial score (nSPS) is 24.0. The molecule has 7 heteroatoms. The molecule has 1 fully saturated rings. The minimum atomic E-state index is -3.09. The molecular weight excluding hydrogens is 326 g/mol. The lowest BCUT2D eigenvalue weighted by atomic mass is 10.1. The van der Waals surface area contributed by atoms with Gasteiger partial charge in [-0.3, -0.25) is 14.7 Å². The van der Waals surface area contributed by atoms with Crippen molar-refractivity contribution >= 4 is 15.7 Å². The standard InChI is InChI=1S/C17H23N3O3S/c21-17(12-16-4-11-24(22,23)14-16)20-8-1-7-19(9-10-20)13-15-2-5-18-6-3-15/h2-6,11,16H,1,7-10,12-14H2/t16-/m0/s1. The van der Waals surface area contributed by atoms with E-state index in [9.17, 15) is 13.2 Å². The molecule has 0 aromatic carbocycles. The van der Waals surface area contributed by atoms with Gasteiger partial charge in [-0.25, -0.2) is 8.42 Å². The van der Waals surface area contributed by atoms with E-state index >= 15 is 0 Å². The van der Waals surface area contributed by atoms with E-state index in [2.05, 4.69) is 9.88 Å². The molecule has 1 aromatic rings. The Morgan fingerprint density at radius 2 is 1.96 bits per heavy atom. The minimum Gasteiger partial charge on any atom is -0.341 e. The van der Waals surface area contributed by atoms with E-state index in [4.69, 9.17) is 0 Å². The van der Waals surface area contributed by atoms with Gasteiger partial charge in [-0.1, -0.05) is 6.08 Å². The molecule has 130 valence electrons. The highest BCUT2D eigenvalue weighted by Crippen LogP contribution is 2.20. The second-order valence-electron chi connectivity index (χ2n) is 6.49. The Labute approximate surface area is 143 Å². The van der Waals surface area contributed by atoms with Gasteiger partial charge < -0.3 is 4.90 Å². The summed E-state index contributed by atoms with van der Waals surface area (Å²) in [4.78, 5) is 20.7. The maximum Gasteiger partial charge on any atom is 0.223 e. The van der Waals surface area contributed by atoms with Crippen LogP contribution in [-0.4, -0.2) is 61.0 Å². The second kappa shape index (κ2) is 7.44. The number of carbonyl (C=O) groups is 1. The highest BCUT2D eigenvalue weighted by molar-refractivity contribution is 7.94. The van der Waals surface area contributed by atoms with Gasteiger partial charge in [0.1, 0.15) is 0 Å². The van der Waals surface area contributed by atoms with Crippen LogP contribution >= 0.6 is 0 Å². The lowest BCUT2D eigenvalue weighted by molar-refractivity contribution is -0.131. The zero-order valence-corrected chi connectivity index (χ0v) is 14.5. The Morgan fingerprint density at radius 3 is 2.67 bits per heavy atom. The van der Waals surface area contributed by atoms with Crippen molar-refractivity contribution in [2.24, 2.45) is 5.92 Å². The quantitative estimate of drug-likeness (QED) is 0.813. The molecule has 0 spiro atoms. The SMILES string of the molecule is O=C(C[C@@H]1C=CS(=O)(=O)C1)N1CCCN(Cc2ccncc2)CC1. The van der Waals surface area contributed by atoms with Crippen LogP contribution in [0.1, 0.15) is 18.4 Å². The van der Waals surface area contributed by atoms with E-state index in [0.717, 1.165) is 32.6 Å². The first-order valence-electron chi connectivity index (χ1n) is 8.32. The molecular formula is C17H23N3O3S. The number of amides is 1. The molecule has 1 saturated heterocycles. The first kappa shape index (κ1) is 17.1. The summed E-state index contributed by atoms with van der Waals surface area (Å²) in [5.74, 6) is -0.0352. The monoisotopic (exact) mass is 349 g/mol. The fourth-order valence-corrected chi connectivity index (χ4v) is 4.64. The molecule has 2 aliphatic rings. The molecule has 3 rings (SSSR count). The van der Waals surface area contributed by atoms with Gasteiger partial charge in [0.15, 0.2) is 9.84 Å². The van der Waals surface area contributed by atoms with Crippen LogP contribution in [0.3, 0.4) is 0 Å². The molecule has 3 heterocycles. The van der Waals surface area contributed by atoms with Crippen molar-refractivity contribution in [2.45, 2.75) is 19.4 Å². The van der Waals surface area contributed by atoms with Gasteiger partial charge in [-0.15, -0.1) is 0 Å². The van der Waals surface area contributed by atoms with E-state index in [1.54, 1.807) is 18.5 Å². The number of sulfone groups is 1. The van der Waals surface area contributed by atoms with Gasteiger partial charge in [0.05, 0.1) is 5.75 Å². The number of nitrogens with zero attached hydrogens (tertiary/aromatic N) is 3. The summed E-state index contributed by atoms with van der Waals surface area (Å²) in [6.45, 7) is 4.12. The molecule has 0 radical (unpaired) electrons. The Balaban J connectivity index is 1.50. The van der Waals surface area contributed by atoms with Crippen molar-refractivity contribution in [3.8, 4) is 0 Å². The van der Waals surface area contributed by atoms with Crippen LogP contribution in [0.2, 0.25) is 0 Å². The number of hydrogen-bond donors (Lipinski definition) is 0. The summed E-state index contributed by atoms with van der Waals surface area (Å²) in [7, 11) is -3.09. The molecule has 0 aliphatic carbocycles. The van der Waals surface area contributed by atoms with Crippen LogP contribution < -0.4 is 0 Å². The molecule has 1 amide bonds. The summed E-state index contributed by atoms with van der Waals surface area (Å²) in [5.41, 5.74) is 1.23. The van der Waals surface area contributed by atoms with Gasteiger partial charge in [0.2, 0.25) is 5.91 Å². The van der Waals surface area contributed by atoms with Crippen LogP contribution in [-0.2, 0) is 21.2 Å². The Kier molecular flexibility index (Phi) is 5.30. The first-order valence-corrected chi connectivity index (χ1v) is 10.0. The number of hydrogen-bond acceptors (Lipinski definition) is 5. The van der Waals surface area contributed by atoms with Crippen molar-refractivity contribution in [1.82, 2.24) is 14.8 Å². The van der Waals surface area contributed by atoms with Crippen molar-refractivity contribution < 1.29 is 13.2 Å². The molecule has 0 unspecified atom stereocenters. The fourth-order valence-electron chi connectivity index (χ4n) is 3.25. The average molecular weight is 349 g/mol. The number of pyridine rings is 1. The Hall–Kier alpha value is -1.73. The highest BCUT2D eigenvalue weighted by atomic mass is 32.2. The smallest absolute Gasteiger partial charge is 0.223 e. The van der Waals surface area contributed by atoms with Gasteiger partial charge in [0, 0.05) is 62.9 Å². The molecule has 24 heavy (non-hydrogen) atoms. The van der Waals surface area contributed by atoms with Gasteiger partial charge in [0.25, 0.3) is 0 Å². The summed E-state index contributed by atoms with van der Waals surface area (Å²) >= 11 is 0. The van der Waals surface area contributed by atoms with Crippen molar-refractivity contribution in [3.05, 3.63) is 41.6 Å². The van der Waals surface area contributed by atoms with Crippen LogP contribution in [0.15, 0.2) is 36.0 Å². The summed E-state index contributed by atoms with van der Waals surface area (Å²) in [6.07, 6.45) is 6.48. The largest absolute Gasteiger partial charge is 0.341 e. The van der Waals surface area contributed by atoms with E-state index < -0.39 is 9.84 Å². The number of aromatic nitrogens is 1. The third-order valence-corrected chi connectivity index (χ3v) is 6.00. The third kappa shape index (κ3) is 4.64. The van der Waals surface area contributed by atoms with Crippen molar-refractivity contribution in [2.75, 3.05) is 31.9 Å². The van der Waals surface area contributed by atoms with Crippen LogP contribution in [0.5, 0.6) is 0 Å². The van der Waals surface area contributed by atoms with Crippen molar-refractivity contribution in [3.63, 3.8) is 0 Å². The average Bonchev–Trinajstić information content (AvgIpc) is 2.75. The predicted molar refractivity (Wildman–Crippen MR) is 91.7 cm³/mol. The number of carbonyl (C=O) groups excluding carboxylic acids is 1. The van der Waals surface area contributed by atoms with Crippen LogP contribution in [0.25, 0.3) is 0 Å². The van der Waals surface area contributed by atoms with Gasteiger partial charge in [-0.2, -0.15) is 0 Å². The zero-order chi connectivity index (χ0) is 17.0. The lowest BCUT2D eigenvalue weighted by Gasteiger charge is -2.23. The molecule has 1 atom stereocenters.